The van der Waals surface area contributed by atoms with Crippen LogP contribution in [0.25, 0.3) is 11.8 Å². The Morgan fingerprint density at radius 2 is 1.90 bits per heavy atom. The van der Waals surface area contributed by atoms with E-state index in [2.05, 4.69) is 31.4 Å². The standard InChI is InChI=1S/C31H30ClFN6O2S/c1-37-14-13-29(36-37)42(2,41)39(25-10-11-25)26-7-3-21-15-28-20(18-35-38(28)24-8-5-23(33)6-9-24)16-31(21,17-26)30(40)27-12-4-22(32)19-34-27/h4-6,8-9,12-15,18-19,25-26H,2-3,7,10-11,16-17H2,1H3/t26-,31-,42?/m0/s1. The van der Waals surface area contributed by atoms with Crippen molar-refractivity contribution < 1.29 is 13.4 Å². The Bertz CT molecular complexity index is 1830. The van der Waals surface area contributed by atoms with Gasteiger partial charge in [0.1, 0.15) is 11.5 Å². The molecule has 0 bridgehead atoms. The van der Waals surface area contributed by atoms with Crippen LogP contribution in [0.5, 0.6) is 0 Å². The summed E-state index contributed by atoms with van der Waals surface area (Å²) in [5.41, 5.74) is 2.99. The average molecular weight is 605 g/mol. The van der Waals surface area contributed by atoms with E-state index in [-0.39, 0.29) is 23.7 Å². The molecule has 3 heterocycles. The molecule has 4 aromatic rings. The number of Topliss-reactive ketones (excluding diaryl/α,β-unsaturated/α-hetero) is 1. The fourth-order valence-corrected chi connectivity index (χ4v) is 8.84. The van der Waals surface area contributed by atoms with Crippen LogP contribution in [-0.2, 0) is 23.2 Å². The Hall–Kier alpha value is -3.60. The maximum atomic E-state index is 14.5. The van der Waals surface area contributed by atoms with Gasteiger partial charge in [-0.25, -0.2) is 17.6 Å². The lowest BCUT2D eigenvalue weighted by Crippen LogP contribution is -2.51. The van der Waals surface area contributed by atoms with Crippen LogP contribution in [0.15, 0.2) is 71.7 Å². The summed E-state index contributed by atoms with van der Waals surface area (Å²) in [6.07, 6.45) is 11.3. The molecule has 1 unspecified atom stereocenters. The van der Waals surface area contributed by atoms with Crippen LogP contribution in [0.4, 0.5) is 4.39 Å². The van der Waals surface area contributed by atoms with Crippen LogP contribution in [0.2, 0.25) is 5.02 Å². The van der Waals surface area contributed by atoms with Gasteiger partial charge in [-0.05, 0) is 98.5 Å². The van der Waals surface area contributed by atoms with Crippen molar-refractivity contribution in [2.45, 2.75) is 55.6 Å². The molecule has 42 heavy (non-hydrogen) atoms. The van der Waals surface area contributed by atoms with Gasteiger partial charge in [0, 0.05) is 31.5 Å². The molecule has 0 radical (unpaired) electrons. The maximum absolute atomic E-state index is 14.5. The van der Waals surface area contributed by atoms with Crippen molar-refractivity contribution in [2.75, 3.05) is 0 Å². The number of nitrogens with zero attached hydrogens (tertiary/aromatic N) is 6. The first-order chi connectivity index (χ1) is 20.2. The highest BCUT2D eigenvalue weighted by atomic mass is 35.5. The molecular formula is C31H30ClFN6O2S. The zero-order chi connectivity index (χ0) is 29.2. The van der Waals surface area contributed by atoms with Crippen molar-refractivity contribution in [3.05, 3.63) is 94.4 Å². The van der Waals surface area contributed by atoms with E-state index >= 15 is 0 Å². The summed E-state index contributed by atoms with van der Waals surface area (Å²) < 4.78 is 33.5. The summed E-state index contributed by atoms with van der Waals surface area (Å²) in [6, 6.07) is 11.3. The van der Waals surface area contributed by atoms with E-state index in [9.17, 15) is 13.4 Å². The van der Waals surface area contributed by atoms with Crippen LogP contribution in [-0.4, -0.2) is 56.8 Å². The molecule has 0 N–H and O–H groups in total. The number of carbonyl (C=O) groups excluding carboxylic acids is 1. The first-order valence-electron chi connectivity index (χ1n) is 14.0. The third-order valence-corrected chi connectivity index (χ3v) is 11.1. The molecule has 3 aromatic heterocycles. The maximum Gasteiger partial charge on any atom is 0.191 e. The molecule has 0 aliphatic heterocycles. The minimum atomic E-state index is -2.88. The topological polar surface area (TPSA) is 85.9 Å². The molecule has 1 aromatic carbocycles. The highest BCUT2D eigenvalue weighted by molar-refractivity contribution is 7.98. The monoisotopic (exact) mass is 604 g/mol. The van der Waals surface area contributed by atoms with Crippen molar-refractivity contribution in [2.24, 2.45) is 12.5 Å². The lowest BCUT2D eigenvalue weighted by atomic mass is 9.60. The molecule has 0 spiro atoms. The number of allylic oxidation sites excluding steroid dienone is 1. The van der Waals surface area contributed by atoms with Gasteiger partial charge in [-0.2, -0.15) is 10.2 Å². The number of fused-ring (bicyclic) bond motifs is 2. The highest BCUT2D eigenvalue weighted by Crippen LogP contribution is 2.52. The van der Waals surface area contributed by atoms with Crippen LogP contribution in [0.3, 0.4) is 0 Å². The van der Waals surface area contributed by atoms with Crippen molar-refractivity contribution >= 4 is 39.0 Å². The Morgan fingerprint density at radius 1 is 1.12 bits per heavy atom. The van der Waals surface area contributed by atoms with E-state index < -0.39 is 15.1 Å². The summed E-state index contributed by atoms with van der Waals surface area (Å²) in [6.45, 7) is 0. The molecule has 11 heteroatoms. The number of hydrogen-bond donors (Lipinski definition) is 0. The minimum absolute atomic E-state index is 0.0838. The van der Waals surface area contributed by atoms with E-state index in [1.54, 1.807) is 59.1 Å². The van der Waals surface area contributed by atoms with Crippen molar-refractivity contribution in [3.63, 3.8) is 0 Å². The lowest BCUT2D eigenvalue weighted by Gasteiger charge is -2.47. The first-order valence-corrected chi connectivity index (χ1v) is 16.1. The Morgan fingerprint density at radius 3 is 2.57 bits per heavy atom. The fourth-order valence-electron chi connectivity index (χ4n) is 6.62. The molecule has 216 valence electrons. The molecule has 0 saturated heterocycles. The normalized spacial score (nSPS) is 23.1. The number of pyridine rings is 1. The number of carbonyl (C=O) groups is 1. The van der Waals surface area contributed by atoms with E-state index in [0.717, 1.165) is 41.8 Å². The van der Waals surface area contributed by atoms with Crippen LogP contribution >= 0.6 is 11.6 Å². The van der Waals surface area contributed by atoms with E-state index in [0.29, 0.717) is 35.0 Å². The summed E-state index contributed by atoms with van der Waals surface area (Å²) >= 11 is 6.12. The Labute approximate surface area is 249 Å². The summed E-state index contributed by atoms with van der Waals surface area (Å²) in [4.78, 5) is 18.9. The largest absolute Gasteiger partial charge is 0.291 e. The predicted octanol–water partition coefficient (Wildman–Crippen LogP) is 5.31. The van der Waals surface area contributed by atoms with Gasteiger partial charge in [-0.3, -0.25) is 14.5 Å². The molecule has 3 atom stereocenters. The van der Waals surface area contributed by atoms with E-state index in [1.807, 2.05) is 0 Å². The summed E-state index contributed by atoms with van der Waals surface area (Å²) in [5.74, 6) is 3.82. The number of benzene rings is 1. The zero-order valence-electron chi connectivity index (χ0n) is 23.1. The summed E-state index contributed by atoms with van der Waals surface area (Å²) in [5, 5.41) is 10.0. The van der Waals surface area contributed by atoms with E-state index in [4.69, 9.17) is 11.6 Å². The second kappa shape index (κ2) is 10.00. The molecule has 2 saturated carbocycles. The second-order valence-corrected chi connectivity index (χ2v) is 14.1. The molecule has 2 fully saturated rings. The van der Waals surface area contributed by atoms with Crippen molar-refractivity contribution in [3.8, 4) is 5.69 Å². The third-order valence-electron chi connectivity index (χ3n) is 8.72. The van der Waals surface area contributed by atoms with Gasteiger partial charge < -0.3 is 0 Å². The molecule has 0 amide bonds. The van der Waals surface area contributed by atoms with Crippen LogP contribution in [0, 0.1) is 11.2 Å². The zero-order valence-corrected chi connectivity index (χ0v) is 24.7. The van der Waals surface area contributed by atoms with Gasteiger partial charge in [0.15, 0.2) is 10.8 Å². The van der Waals surface area contributed by atoms with Crippen LogP contribution in [0.1, 0.15) is 53.8 Å². The number of rotatable bonds is 7. The third kappa shape index (κ3) is 4.53. The second-order valence-electron chi connectivity index (χ2n) is 11.5. The number of aromatic nitrogens is 5. The quantitative estimate of drug-likeness (QED) is 0.211. The smallest absolute Gasteiger partial charge is 0.191 e. The number of ketones is 1. The highest BCUT2D eigenvalue weighted by Gasteiger charge is 2.53. The van der Waals surface area contributed by atoms with E-state index in [1.165, 1.54) is 18.3 Å². The molecule has 7 rings (SSSR count). The van der Waals surface area contributed by atoms with Crippen molar-refractivity contribution in [1.82, 2.24) is 28.9 Å². The molecular weight excluding hydrogens is 575 g/mol. The Balaban J connectivity index is 1.32. The lowest BCUT2D eigenvalue weighted by molar-refractivity contribution is 0.0736. The molecule has 3 aliphatic carbocycles. The number of aryl methyl sites for hydroxylation is 1. The van der Waals surface area contributed by atoms with Crippen LogP contribution < -0.4 is 0 Å². The first kappa shape index (κ1) is 27.2. The van der Waals surface area contributed by atoms with Gasteiger partial charge in [-0.1, -0.05) is 17.2 Å². The number of hydrogen-bond acceptors (Lipinski definition) is 5. The van der Waals surface area contributed by atoms with Gasteiger partial charge >= 0.3 is 0 Å². The SMILES string of the molecule is C=S(=O)(c1ccn(C)n1)N(C1CC1)[C@H]1CCC2=Cc3c(cnn3-c3ccc(F)cc3)C[C@]2(C(=O)c2ccc(Cl)cn2)C1. The minimum Gasteiger partial charge on any atom is -0.291 e. The van der Waals surface area contributed by atoms with Gasteiger partial charge in [0.25, 0.3) is 0 Å². The molecule has 3 aliphatic rings. The van der Waals surface area contributed by atoms with Gasteiger partial charge in [0.2, 0.25) is 0 Å². The molecule has 8 nitrogen and oxygen atoms in total. The number of halogens is 2. The Kier molecular flexibility index (Phi) is 6.49. The predicted molar refractivity (Wildman–Crippen MR) is 160 cm³/mol. The average Bonchev–Trinajstić information content (AvgIpc) is 3.55. The van der Waals surface area contributed by atoms with Crippen molar-refractivity contribution in [1.29, 1.82) is 0 Å². The van der Waals surface area contributed by atoms with Gasteiger partial charge in [0.05, 0.1) is 37.7 Å². The van der Waals surface area contributed by atoms with Gasteiger partial charge in [-0.15, -0.1) is 0 Å². The summed E-state index contributed by atoms with van der Waals surface area (Å²) in [7, 11) is -1.08. The fraction of sp³-hybridized carbons (Fsp3) is 0.323.